The van der Waals surface area contributed by atoms with Crippen molar-refractivity contribution >= 4 is 29.2 Å². The highest BCUT2D eigenvalue weighted by atomic mass is 35.5. The van der Waals surface area contributed by atoms with Crippen molar-refractivity contribution in [2.45, 2.75) is 32.4 Å². The van der Waals surface area contributed by atoms with Crippen LogP contribution in [0.5, 0.6) is 0 Å². The van der Waals surface area contributed by atoms with Crippen LogP contribution in [-0.2, 0) is 11.3 Å². The average Bonchev–Trinajstić information content (AvgIpc) is 2.97. The summed E-state index contributed by atoms with van der Waals surface area (Å²) in [6.07, 6.45) is 3.40. The second-order valence-electron chi connectivity index (χ2n) is 6.14. The molecule has 0 bridgehead atoms. The number of carboxylic acids is 1. The molecule has 1 aliphatic heterocycles. The van der Waals surface area contributed by atoms with E-state index in [9.17, 15) is 9.90 Å². The smallest absolute Gasteiger partial charge is 0.307 e. The zero-order valence-electron chi connectivity index (χ0n) is 13.2. The minimum absolute atomic E-state index is 0.318. The number of hydrogen-bond donors (Lipinski definition) is 1. The molecule has 2 unspecified atom stereocenters. The molecule has 3 rings (SSSR count). The number of nitrogens with zero attached hydrogens (tertiary/aromatic N) is 4. The number of piperidine rings is 1. The van der Waals surface area contributed by atoms with E-state index in [1.807, 2.05) is 6.20 Å². The molecule has 2 atom stereocenters. The molecule has 0 amide bonds. The first-order chi connectivity index (χ1) is 11.4. The summed E-state index contributed by atoms with van der Waals surface area (Å²) < 4.78 is 1.61. The monoisotopic (exact) mass is 368 g/mol. The lowest BCUT2D eigenvalue weighted by Crippen LogP contribution is -2.43. The van der Waals surface area contributed by atoms with Crippen molar-refractivity contribution in [1.29, 1.82) is 0 Å². The number of hydrogen-bond acceptors (Lipinski definition) is 4. The molecule has 0 radical (unpaired) electrons. The van der Waals surface area contributed by atoms with Crippen molar-refractivity contribution in [2.75, 3.05) is 6.54 Å². The van der Waals surface area contributed by atoms with Crippen LogP contribution in [0, 0.1) is 5.92 Å². The molecular formula is C16H18Cl2N4O2. The predicted molar refractivity (Wildman–Crippen MR) is 91.6 cm³/mol. The molecule has 8 heteroatoms. The zero-order chi connectivity index (χ0) is 17.3. The summed E-state index contributed by atoms with van der Waals surface area (Å²) in [5.41, 5.74) is 1.48. The first-order valence-electron chi connectivity index (χ1n) is 7.77. The molecule has 1 aromatic carbocycles. The number of rotatable bonds is 4. The number of benzene rings is 1. The molecule has 24 heavy (non-hydrogen) atoms. The Morgan fingerprint density at radius 2 is 2.17 bits per heavy atom. The molecule has 0 aliphatic carbocycles. The van der Waals surface area contributed by atoms with E-state index in [1.54, 1.807) is 22.9 Å². The molecule has 1 saturated heterocycles. The highest BCUT2D eigenvalue weighted by molar-refractivity contribution is 6.35. The van der Waals surface area contributed by atoms with Crippen molar-refractivity contribution in [3.63, 3.8) is 0 Å². The summed E-state index contributed by atoms with van der Waals surface area (Å²) in [5.74, 6) is -1.05. The molecule has 0 saturated carbocycles. The van der Waals surface area contributed by atoms with E-state index >= 15 is 0 Å². The Morgan fingerprint density at radius 3 is 2.88 bits per heavy atom. The fourth-order valence-electron chi connectivity index (χ4n) is 2.96. The first kappa shape index (κ1) is 17.2. The van der Waals surface area contributed by atoms with Crippen molar-refractivity contribution in [3.05, 3.63) is 40.1 Å². The van der Waals surface area contributed by atoms with Crippen LogP contribution in [0.2, 0.25) is 10.0 Å². The van der Waals surface area contributed by atoms with E-state index < -0.39 is 5.97 Å². The van der Waals surface area contributed by atoms with Crippen LogP contribution in [0.4, 0.5) is 0 Å². The predicted octanol–water partition coefficient (Wildman–Crippen LogP) is 3.26. The van der Waals surface area contributed by atoms with Crippen molar-refractivity contribution in [2.24, 2.45) is 5.92 Å². The van der Waals surface area contributed by atoms with Gasteiger partial charge in [-0.05, 0) is 38.0 Å². The van der Waals surface area contributed by atoms with Gasteiger partial charge in [-0.3, -0.25) is 9.69 Å². The Kier molecular flexibility index (Phi) is 5.08. The molecule has 128 valence electrons. The Labute approximate surface area is 150 Å². The van der Waals surface area contributed by atoms with Gasteiger partial charge in [0.05, 0.1) is 28.5 Å². The number of carboxylic acid groups (broad SMARTS) is 1. The topological polar surface area (TPSA) is 71.2 Å². The van der Waals surface area contributed by atoms with Crippen molar-refractivity contribution < 1.29 is 9.90 Å². The lowest BCUT2D eigenvalue weighted by Gasteiger charge is -2.35. The standard InChI is InChI=1S/C16H18Cl2N4O2/c1-10-2-3-11(16(23)24)7-21(10)8-13-9-22(20-19-13)15-5-4-12(17)6-14(15)18/h4-6,9-11H,2-3,7-8H2,1H3,(H,23,24). The lowest BCUT2D eigenvalue weighted by molar-refractivity contribution is -0.144. The van der Waals surface area contributed by atoms with Crippen molar-refractivity contribution in [3.8, 4) is 5.69 Å². The van der Waals surface area contributed by atoms with Gasteiger partial charge in [-0.2, -0.15) is 0 Å². The summed E-state index contributed by atoms with van der Waals surface area (Å²) in [5, 5.41) is 18.6. The number of halogens is 2. The lowest BCUT2D eigenvalue weighted by atomic mass is 9.93. The quantitative estimate of drug-likeness (QED) is 0.896. The van der Waals surface area contributed by atoms with Gasteiger partial charge in [0.2, 0.25) is 0 Å². The Hall–Kier alpha value is -1.63. The van der Waals surface area contributed by atoms with Gasteiger partial charge in [0.25, 0.3) is 0 Å². The molecule has 6 nitrogen and oxygen atoms in total. The Balaban J connectivity index is 1.74. The van der Waals surface area contributed by atoms with E-state index in [1.165, 1.54) is 0 Å². The second kappa shape index (κ2) is 7.09. The summed E-state index contributed by atoms with van der Waals surface area (Å²) in [7, 11) is 0. The van der Waals surface area contributed by atoms with Gasteiger partial charge in [-0.15, -0.1) is 5.10 Å². The third kappa shape index (κ3) is 3.71. The van der Waals surface area contributed by atoms with Crippen LogP contribution in [-0.4, -0.2) is 43.6 Å². The maximum Gasteiger partial charge on any atom is 0.307 e. The maximum absolute atomic E-state index is 11.2. The molecule has 1 N–H and O–H groups in total. The van der Waals surface area contributed by atoms with E-state index in [0.717, 1.165) is 18.5 Å². The molecule has 2 heterocycles. The Morgan fingerprint density at radius 1 is 1.38 bits per heavy atom. The third-order valence-corrected chi connectivity index (χ3v) is 4.96. The number of carbonyl (C=O) groups is 1. The first-order valence-corrected chi connectivity index (χ1v) is 8.53. The van der Waals surface area contributed by atoms with Crippen LogP contribution < -0.4 is 0 Å². The van der Waals surface area contributed by atoms with Crippen LogP contribution in [0.25, 0.3) is 5.69 Å². The summed E-state index contributed by atoms with van der Waals surface area (Å²) >= 11 is 12.1. The van der Waals surface area contributed by atoms with E-state index in [-0.39, 0.29) is 5.92 Å². The Bertz CT molecular complexity index is 749. The summed E-state index contributed by atoms with van der Waals surface area (Å²) in [6.45, 7) is 3.21. The van der Waals surface area contributed by atoms with Gasteiger partial charge in [0.1, 0.15) is 0 Å². The summed E-state index contributed by atoms with van der Waals surface area (Å²) in [4.78, 5) is 13.4. The number of aliphatic carboxylic acids is 1. The average molecular weight is 369 g/mol. The minimum atomic E-state index is -0.733. The van der Waals surface area contributed by atoms with Crippen LogP contribution in [0.15, 0.2) is 24.4 Å². The molecule has 1 fully saturated rings. The van der Waals surface area contributed by atoms with Gasteiger partial charge in [-0.1, -0.05) is 28.4 Å². The van der Waals surface area contributed by atoms with Gasteiger partial charge in [0, 0.05) is 24.2 Å². The molecule has 1 aromatic heterocycles. The molecular weight excluding hydrogens is 351 g/mol. The molecule has 0 spiro atoms. The number of likely N-dealkylation sites (tertiary alicyclic amines) is 1. The van der Waals surface area contributed by atoms with Gasteiger partial charge >= 0.3 is 5.97 Å². The normalized spacial score (nSPS) is 21.8. The molecule has 1 aliphatic rings. The SMILES string of the molecule is CC1CCC(C(=O)O)CN1Cc1cn(-c2ccc(Cl)cc2Cl)nn1. The van der Waals surface area contributed by atoms with Crippen LogP contribution in [0.3, 0.4) is 0 Å². The summed E-state index contributed by atoms with van der Waals surface area (Å²) in [6, 6.07) is 5.51. The fourth-order valence-corrected chi connectivity index (χ4v) is 3.46. The minimum Gasteiger partial charge on any atom is -0.481 e. The van der Waals surface area contributed by atoms with E-state index in [2.05, 4.69) is 22.1 Å². The fraction of sp³-hybridized carbons (Fsp3) is 0.438. The number of aromatic nitrogens is 3. The largest absolute Gasteiger partial charge is 0.481 e. The van der Waals surface area contributed by atoms with Crippen molar-refractivity contribution in [1.82, 2.24) is 19.9 Å². The van der Waals surface area contributed by atoms with Gasteiger partial charge < -0.3 is 5.11 Å². The second-order valence-corrected chi connectivity index (χ2v) is 6.98. The zero-order valence-corrected chi connectivity index (χ0v) is 14.7. The highest BCUT2D eigenvalue weighted by Crippen LogP contribution is 2.25. The third-order valence-electron chi connectivity index (χ3n) is 4.42. The van der Waals surface area contributed by atoms with Gasteiger partial charge in [0.15, 0.2) is 0 Å². The molecule has 2 aromatic rings. The van der Waals surface area contributed by atoms with Crippen LogP contribution >= 0.6 is 23.2 Å². The van der Waals surface area contributed by atoms with Crippen LogP contribution in [0.1, 0.15) is 25.5 Å². The van der Waals surface area contributed by atoms with Gasteiger partial charge in [-0.25, -0.2) is 4.68 Å². The maximum atomic E-state index is 11.2. The highest BCUT2D eigenvalue weighted by Gasteiger charge is 2.30. The van der Waals surface area contributed by atoms with E-state index in [4.69, 9.17) is 23.2 Å². The van der Waals surface area contributed by atoms with E-state index in [0.29, 0.717) is 34.9 Å².